The number of aromatic amines is 1. The summed E-state index contributed by atoms with van der Waals surface area (Å²) in [4.78, 5) is 42.2. The minimum Gasteiger partial charge on any atom is -0.285 e. The van der Waals surface area contributed by atoms with Gasteiger partial charge in [-0.2, -0.15) is 10.2 Å². The van der Waals surface area contributed by atoms with Gasteiger partial charge >= 0.3 is 0 Å². The summed E-state index contributed by atoms with van der Waals surface area (Å²) in [5.41, 5.74) is 7.06. The molecule has 0 aliphatic carbocycles. The summed E-state index contributed by atoms with van der Waals surface area (Å²) in [6.45, 7) is 15.7. The lowest BCUT2D eigenvalue weighted by Gasteiger charge is -1.98. The van der Waals surface area contributed by atoms with Crippen LogP contribution in [0.5, 0.6) is 0 Å². The molecule has 1 N–H and O–H groups in total. The van der Waals surface area contributed by atoms with E-state index >= 15 is 0 Å². The van der Waals surface area contributed by atoms with Gasteiger partial charge in [-0.1, -0.05) is 36.4 Å². The van der Waals surface area contributed by atoms with Gasteiger partial charge in [0.1, 0.15) is 30.6 Å². The zero-order valence-electron chi connectivity index (χ0n) is 38.7. The Hall–Kier alpha value is -8.33. The summed E-state index contributed by atoms with van der Waals surface area (Å²) in [5.74, 6) is 1.58. The number of hydrogen-bond acceptors (Lipinski definition) is 13. The molecular formula is C50H59N15. The molecule has 15 heteroatoms. The van der Waals surface area contributed by atoms with Crippen molar-refractivity contribution in [2.75, 3.05) is 0 Å². The van der Waals surface area contributed by atoms with Gasteiger partial charge < -0.3 is 0 Å². The Balaban J connectivity index is 0.000000253. The molecule has 0 saturated heterocycles. The first-order valence-corrected chi connectivity index (χ1v) is 20.4. The number of aryl methyl sites for hydroxylation is 9. The van der Waals surface area contributed by atoms with Crippen LogP contribution in [0.3, 0.4) is 0 Å². The molecule has 0 aliphatic heterocycles. The predicted octanol–water partition coefficient (Wildman–Crippen LogP) is 9.60. The van der Waals surface area contributed by atoms with E-state index in [1.54, 1.807) is 72.7 Å². The molecule has 1 aromatic carbocycles. The lowest BCUT2D eigenvalue weighted by Crippen LogP contribution is -1.84. The highest BCUT2D eigenvalue weighted by molar-refractivity contribution is 5.84. The third-order valence-electron chi connectivity index (χ3n) is 7.62. The molecule has 0 spiro atoms. The molecule has 15 nitrogen and oxygen atoms in total. The molecule has 0 radical (unpaired) electrons. The summed E-state index contributed by atoms with van der Waals surface area (Å²) in [6, 6.07) is 25.7. The number of benzene rings is 1. The standard InChI is InChI=1S/C10H9N.3C6H7N.2C5H6N2.C4H5N3.2C4H6N2/c1-8-6-11-7-9-4-2-3-5-10(8)9;1-6-2-4-7-5-3-6;1-6-3-2-4-7-5-6;1-6-4-2-3-5-7-6;1-5-2-6-4-7-3-5;1-5-6-3-2-4-7-5;1-4-6-2-5-3-7-4;1-4-2-5-6-3-4;1-6-4-2-3-5-6/h2-7H,1H3;3*2-5H,1H3;2*2-4H,1H3;2-3H,1H3;2-3H,1H3,(H,5,6);2-4H,1H3. The van der Waals surface area contributed by atoms with E-state index in [4.69, 9.17) is 0 Å². The van der Waals surface area contributed by atoms with E-state index in [1.165, 1.54) is 52.0 Å². The maximum absolute atomic E-state index is 4.11. The lowest BCUT2D eigenvalue weighted by molar-refractivity contribution is 0.768. The average molecular weight is 870 g/mol. The van der Waals surface area contributed by atoms with Crippen LogP contribution in [0.1, 0.15) is 45.2 Å². The molecule has 65 heavy (non-hydrogen) atoms. The van der Waals surface area contributed by atoms with Crippen molar-refractivity contribution in [2.24, 2.45) is 7.05 Å². The fourth-order valence-electron chi connectivity index (χ4n) is 4.30. The molecular weight excluding hydrogens is 811 g/mol. The quantitative estimate of drug-likeness (QED) is 0.152. The van der Waals surface area contributed by atoms with Crippen molar-refractivity contribution < 1.29 is 0 Å². The van der Waals surface area contributed by atoms with Gasteiger partial charge in [0.05, 0.1) is 6.20 Å². The summed E-state index contributed by atoms with van der Waals surface area (Å²) in [7, 11) is 1.89. The third-order valence-corrected chi connectivity index (χ3v) is 7.62. The van der Waals surface area contributed by atoms with Crippen molar-refractivity contribution in [3.8, 4) is 0 Å². The fraction of sp³-hybridized carbons (Fsp3) is 0.180. The summed E-state index contributed by atoms with van der Waals surface area (Å²) in [6.07, 6.45) is 31.5. The molecule has 0 amide bonds. The first-order valence-electron chi connectivity index (χ1n) is 20.4. The largest absolute Gasteiger partial charge is 0.285 e. The number of rotatable bonds is 0. The second-order valence-electron chi connectivity index (χ2n) is 13.6. The van der Waals surface area contributed by atoms with Crippen molar-refractivity contribution in [3.63, 3.8) is 0 Å². The fourth-order valence-corrected chi connectivity index (χ4v) is 4.30. The SMILES string of the molecule is Cc1ccccn1.Cc1cccnc1.Cc1ccncc1.Cc1cn[nH]c1.Cc1cncc2ccccc12.Cc1cncnc1.Cc1ncccn1.Cc1ncncn1.Cn1cccn1. The lowest BCUT2D eigenvalue weighted by atomic mass is 10.1. The smallest absolute Gasteiger partial charge is 0.128 e. The van der Waals surface area contributed by atoms with Gasteiger partial charge in [-0.05, 0) is 131 Å². The van der Waals surface area contributed by atoms with Gasteiger partial charge in [0.25, 0.3) is 0 Å². The number of nitrogens with zero attached hydrogens (tertiary/aromatic N) is 14. The highest BCUT2D eigenvalue weighted by atomic mass is 15.2. The zero-order chi connectivity index (χ0) is 47.2. The third kappa shape index (κ3) is 28.8. The molecule has 10 aromatic rings. The highest BCUT2D eigenvalue weighted by Gasteiger charge is 1.93. The van der Waals surface area contributed by atoms with Crippen molar-refractivity contribution >= 4 is 10.8 Å². The van der Waals surface area contributed by atoms with Gasteiger partial charge in [-0.3, -0.25) is 29.7 Å². The number of aromatic nitrogens is 15. The monoisotopic (exact) mass is 870 g/mol. The maximum Gasteiger partial charge on any atom is 0.128 e. The molecule has 10 rings (SSSR count). The predicted molar refractivity (Wildman–Crippen MR) is 258 cm³/mol. The van der Waals surface area contributed by atoms with Crippen molar-refractivity contribution in [1.82, 2.24) is 74.8 Å². The second-order valence-corrected chi connectivity index (χ2v) is 13.6. The van der Waals surface area contributed by atoms with Crippen LogP contribution in [-0.2, 0) is 7.05 Å². The van der Waals surface area contributed by atoms with Crippen LogP contribution in [0.4, 0.5) is 0 Å². The molecule has 334 valence electrons. The van der Waals surface area contributed by atoms with E-state index in [2.05, 4.69) is 95.2 Å². The van der Waals surface area contributed by atoms with E-state index in [1.807, 2.05) is 141 Å². The summed E-state index contributed by atoms with van der Waals surface area (Å²) >= 11 is 0. The maximum atomic E-state index is 4.11. The minimum atomic E-state index is 0.759. The molecule has 0 saturated carbocycles. The van der Waals surface area contributed by atoms with Crippen LogP contribution in [0.25, 0.3) is 10.8 Å². The first kappa shape index (κ1) is 52.8. The van der Waals surface area contributed by atoms with Crippen LogP contribution >= 0.6 is 0 Å². The Bertz CT molecular complexity index is 2220. The molecule has 9 heterocycles. The Labute approximate surface area is 382 Å². The van der Waals surface area contributed by atoms with Crippen LogP contribution in [0.15, 0.2) is 191 Å². The van der Waals surface area contributed by atoms with Gasteiger partial charge in [0, 0.05) is 105 Å². The molecule has 9 aromatic heterocycles. The summed E-state index contributed by atoms with van der Waals surface area (Å²) in [5, 5.41) is 12.7. The Morgan fingerprint density at radius 1 is 0.415 bits per heavy atom. The van der Waals surface area contributed by atoms with E-state index in [0.717, 1.165) is 22.9 Å². The Kier molecular flexibility index (Phi) is 27.8. The average Bonchev–Trinajstić information content (AvgIpc) is 4.03. The van der Waals surface area contributed by atoms with Crippen LogP contribution in [0, 0.1) is 55.4 Å². The Morgan fingerprint density at radius 3 is 1.43 bits per heavy atom. The molecule has 0 fully saturated rings. The first-order chi connectivity index (χ1) is 31.5. The van der Waals surface area contributed by atoms with Crippen molar-refractivity contribution in [1.29, 1.82) is 0 Å². The topological polar surface area (TPSA) is 188 Å². The normalized spacial score (nSPS) is 9.00. The number of H-pyrrole nitrogens is 1. The second kappa shape index (κ2) is 34.3. The number of pyridine rings is 4. The van der Waals surface area contributed by atoms with Gasteiger partial charge in [0.2, 0.25) is 0 Å². The number of hydrogen-bond donors (Lipinski definition) is 1. The van der Waals surface area contributed by atoms with Gasteiger partial charge in [-0.25, -0.2) is 34.9 Å². The van der Waals surface area contributed by atoms with E-state index in [9.17, 15) is 0 Å². The molecule has 0 bridgehead atoms. The molecule has 0 atom stereocenters. The number of nitrogens with one attached hydrogen (secondary N) is 1. The Morgan fingerprint density at radius 2 is 1.08 bits per heavy atom. The minimum absolute atomic E-state index is 0.759. The van der Waals surface area contributed by atoms with E-state index in [0.29, 0.717) is 0 Å². The van der Waals surface area contributed by atoms with E-state index < -0.39 is 0 Å². The zero-order valence-corrected chi connectivity index (χ0v) is 38.7. The van der Waals surface area contributed by atoms with Crippen LogP contribution in [0.2, 0.25) is 0 Å². The molecule has 0 aliphatic rings. The summed E-state index contributed by atoms with van der Waals surface area (Å²) < 4.78 is 1.75. The van der Waals surface area contributed by atoms with Crippen LogP contribution < -0.4 is 0 Å². The van der Waals surface area contributed by atoms with Gasteiger partial charge in [0.15, 0.2) is 0 Å². The van der Waals surface area contributed by atoms with Crippen molar-refractivity contribution in [3.05, 3.63) is 236 Å². The van der Waals surface area contributed by atoms with Gasteiger partial charge in [-0.15, -0.1) is 0 Å². The van der Waals surface area contributed by atoms with Crippen LogP contribution in [-0.4, -0.2) is 74.8 Å². The number of fused-ring (bicyclic) bond motifs is 1. The highest BCUT2D eigenvalue weighted by Crippen LogP contribution is 2.15. The van der Waals surface area contributed by atoms with E-state index in [-0.39, 0.29) is 0 Å². The van der Waals surface area contributed by atoms with Crippen molar-refractivity contribution in [2.45, 2.75) is 55.4 Å². The molecule has 0 unspecified atom stereocenters.